The number of hydrogen-bond donors (Lipinski definition) is 2. The highest BCUT2D eigenvalue weighted by molar-refractivity contribution is 6.04. The van der Waals surface area contributed by atoms with Crippen molar-refractivity contribution in [3.63, 3.8) is 0 Å². The van der Waals surface area contributed by atoms with E-state index in [0.29, 0.717) is 12.1 Å². The Bertz CT molecular complexity index is 1080. The molecule has 0 saturated heterocycles. The molecule has 0 radical (unpaired) electrons. The predicted octanol–water partition coefficient (Wildman–Crippen LogP) is 6.11. The summed E-state index contributed by atoms with van der Waals surface area (Å²) in [7, 11) is 0. The van der Waals surface area contributed by atoms with Gasteiger partial charge >= 0.3 is 24.2 Å². The summed E-state index contributed by atoms with van der Waals surface area (Å²) in [6, 6.07) is 6.42. The van der Waals surface area contributed by atoms with Crippen molar-refractivity contribution < 1.29 is 53.5 Å². The molecular weight excluding hydrogens is 502 g/mol. The van der Waals surface area contributed by atoms with Crippen LogP contribution in [-0.2, 0) is 17.0 Å². The molecule has 0 unspecified atom stereocenters. The molecule has 0 bridgehead atoms. The van der Waals surface area contributed by atoms with Crippen LogP contribution in [0.1, 0.15) is 33.5 Å². The van der Waals surface area contributed by atoms with Gasteiger partial charge in [-0.15, -0.1) is 0 Å². The van der Waals surface area contributed by atoms with Crippen molar-refractivity contribution in [2.45, 2.75) is 44.1 Å². The van der Waals surface area contributed by atoms with Gasteiger partial charge in [0.25, 0.3) is 5.91 Å². The lowest BCUT2D eigenvalue weighted by Crippen LogP contribution is -2.50. The maximum absolute atomic E-state index is 14.2. The third-order valence-electron chi connectivity index (χ3n) is 4.69. The molecule has 2 aromatic rings. The minimum atomic E-state index is -6.29. The van der Waals surface area contributed by atoms with Crippen LogP contribution in [0.15, 0.2) is 42.5 Å². The van der Waals surface area contributed by atoms with Gasteiger partial charge in [0.05, 0.1) is 0 Å². The third-order valence-corrected chi connectivity index (χ3v) is 4.69. The fraction of sp³-hybridized carbons (Fsp3) is 0.333. The van der Waals surface area contributed by atoms with Crippen molar-refractivity contribution in [2.24, 2.45) is 0 Å². The molecule has 2 rings (SSSR count). The molecule has 0 aliphatic carbocycles. The molecule has 2 aromatic carbocycles. The Hall–Kier alpha value is -3.32. The molecule has 4 nitrogen and oxygen atoms in total. The highest BCUT2D eigenvalue weighted by atomic mass is 19.4. The molecular formula is C21H16F10N2O2. The van der Waals surface area contributed by atoms with Gasteiger partial charge in [-0.3, -0.25) is 9.59 Å². The Balaban J connectivity index is 2.20. The van der Waals surface area contributed by atoms with Crippen molar-refractivity contribution in [1.29, 1.82) is 0 Å². The van der Waals surface area contributed by atoms with Crippen molar-refractivity contribution in [3.8, 4) is 0 Å². The molecule has 0 saturated carbocycles. The summed E-state index contributed by atoms with van der Waals surface area (Å²) in [5.74, 6) is -2.17. The topological polar surface area (TPSA) is 58.2 Å². The molecule has 0 aliphatic heterocycles. The lowest BCUT2D eigenvalue weighted by Gasteiger charge is -2.30. The summed E-state index contributed by atoms with van der Waals surface area (Å²) in [5.41, 5.74) is -7.71. The highest BCUT2D eigenvalue weighted by Crippen LogP contribution is 2.53. The average Bonchev–Trinajstić information content (AvgIpc) is 2.70. The number of anilines is 1. The molecule has 0 atom stereocenters. The Morgan fingerprint density at radius 2 is 1.43 bits per heavy atom. The van der Waals surface area contributed by atoms with Crippen LogP contribution in [-0.4, -0.2) is 30.3 Å². The molecule has 192 valence electrons. The zero-order valence-electron chi connectivity index (χ0n) is 17.6. The van der Waals surface area contributed by atoms with E-state index in [0.717, 1.165) is 6.92 Å². The summed E-state index contributed by atoms with van der Waals surface area (Å²) in [4.78, 5) is 23.7. The molecule has 0 spiro atoms. The van der Waals surface area contributed by atoms with E-state index in [1.807, 2.05) is 5.32 Å². The smallest absolute Gasteiger partial charge is 0.352 e. The van der Waals surface area contributed by atoms with Gasteiger partial charge in [0.1, 0.15) is 6.42 Å². The van der Waals surface area contributed by atoms with Crippen LogP contribution in [0.25, 0.3) is 0 Å². The number of amides is 2. The minimum absolute atomic E-state index is 0.0820. The van der Waals surface area contributed by atoms with Gasteiger partial charge in [0.2, 0.25) is 5.91 Å². The quantitative estimate of drug-likeness (QED) is 0.454. The number of carbonyl (C=O) groups excluding carboxylic acids is 2. The third kappa shape index (κ3) is 6.63. The Morgan fingerprint density at radius 3 is 1.94 bits per heavy atom. The number of rotatable bonds is 6. The van der Waals surface area contributed by atoms with Crippen LogP contribution < -0.4 is 10.6 Å². The molecule has 0 heterocycles. The zero-order chi connectivity index (χ0) is 26.8. The average molecular weight is 518 g/mol. The Morgan fingerprint density at radius 1 is 0.829 bits per heavy atom. The molecule has 0 aliphatic rings. The van der Waals surface area contributed by atoms with Crippen LogP contribution in [0.5, 0.6) is 0 Å². The number of nitrogens with one attached hydrogen (secondary N) is 2. The zero-order valence-corrected chi connectivity index (χ0v) is 17.6. The second kappa shape index (κ2) is 9.74. The largest absolute Gasteiger partial charge is 0.435 e. The summed E-state index contributed by atoms with van der Waals surface area (Å²) in [6.07, 6.45) is -19.0. The van der Waals surface area contributed by atoms with E-state index in [2.05, 4.69) is 5.32 Å². The molecule has 35 heavy (non-hydrogen) atoms. The normalized spacial score (nSPS) is 12.9. The second-order valence-corrected chi connectivity index (χ2v) is 7.41. The van der Waals surface area contributed by atoms with Gasteiger partial charge < -0.3 is 10.6 Å². The maximum atomic E-state index is 14.2. The number of halogens is 10. The summed E-state index contributed by atoms with van der Waals surface area (Å²) in [5, 5.41) is 4.26. The first kappa shape index (κ1) is 27.9. The van der Waals surface area contributed by atoms with E-state index >= 15 is 0 Å². The molecule has 14 heteroatoms. The fourth-order valence-corrected chi connectivity index (χ4v) is 2.97. The highest BCUT2D eigenvalue weighted by Gasteiger charge is 2.73. The van der Waals surface area contributed by atoms with Crippen molar-refractivity contribution >= 4 is 17.5 Å². The van der Waals surface area contributed by atoms with Crippen LogP contribution in [0, 0.1) is 6.92 Å². The fourth-order valence-electron chi connectivity index (χ4n) is 2.97. The maximum Gasteiger partial charge on any atom is 0.435 e. The number of aryl methyl sites for hydroxylation is 1. The standard InChI is InChI=1S/C21H16F10N2O2/c1-11-7-14(19(25,20(26,27)28)21(29,30)31)5-6-15(11)33-17(35)13-4-2-3-12(8-13)10-32-16(34)9-18(22,23)24/h2-8H,9-10H2,1H3,(H,32,34)(H,33,35). The molecule has 0 fully saturated rings. The molecule has 2 N–H and O–H groups in total. The molecule has 0 aromatic heterocycles. The SMILES string of the molecule is Cc1cc(C(F)(C(F)(F)F)C(F)(F)F)ccc1NC(=O)c1cccc(CNC(=O)CC(F)(F)F)c1. The van der Waals surface area contributed by atoms with Gasteiger partial charge in [-0.25, -0.2) is 4.39 Å². The van der Waals surface area contributed by atoms with Gasteiger partial charge in [-0.2, -0.15) is 39.5 Å². The van der Waals surface area contributed by atoms with Gasteiger partial charge in [-0.05, 0) is 36.2 Å². The van der Waals surface area contributed by atoms with Gasteiger partial charge in [-0.1, -0.05) is 24.3 Å². The number of carbonyl (C=O) groups is 2. The Kier molecular flexibility index (Phi) is 7.77. The first-order valence-electron chi connectivity index (χ1n) is 9.52. The van der Waals surface area contributed by atoms with Crippen molar-refractivity contribution in [2.75, 3.05) is 5.32 Å². The number of alkyl halides is 10. The summed E-state index contributed by atoms with van der Waals surface area (Å²) < 4.78 is 128. The van der Waals surface area contributed by atoms with E-state index in [1.165, 1.54) is 24.3 Å². The molecule has 2 amide bonds. The lowest BCUT2D eigenvalue weighted by molar-refractivity contribution is -0.348. The second-order valence-electron chi connectivity index (χ2n) is 7.41. The number of benzene rings is 2. The van der Waals surface area contributed by atoms with Crippen LogP contribution >= 0.6 is 0 Å². The van der Waals surface area contributed by atoms with Crippen LogP contribution in [0.3, 0.4) is 0 Å². The van der Waals surface area contributed by atoms with Crippen LogP contribution in [0.4, 0.5) is 49.6 Å². The van der Waals surface area contributed by atoms with Crippen LogP contribution in [0.2, 0.25) is 0 Å². The van der Waals surface area contributed by atoms with E-state index in [9.17, 15) is 53.5 Å². The number of hydrogen-bond acceptors (Lipinski definition) is 2. The van der Waals surface area contributed by atoms with E-state index in [4.69, 9.17) is 0 Å². The van der Waals surface area contributed by atoms with E-state index < -0.39 is 48.0 Å². The minimum Gasteiger partial charge on any atom is -0.352 e. The summed E-state index contributed by atoms with van der Waals surface area (Å²) >= 11 is 0. The lowest BCUT2D eigenvalue weighted by atomic mass is 9.92. The summed E-state index contributed by atoms with van der Waals surface area (Å²) in [6.45, 7) is 0.704. The monoisotopic (exact) mass is 518 g/mol. The van der Waals surface area contributed by atoms with Gasteiger partial charge in [0, 0.05) is 23.4 Å². The van der Waals surface area contributed by atoms with Crippen molar-refractivity contribution in [1.82, 2.24) is 5.32 Å². The van der Waals surface area contributed by atoms with Gasteiger partial charge in [0.15, 0.2) is 0 Å². The Labute approximate surface area is 191 Å². The van der Waals surface area contributed by atoms with Crippen molar-refractivity contribution in [3.05, 3.63) is 64.7 Å². The van der Waals surface area contributed by atoms with E-state index in [-0.39, 0.29) is 35.0 Å². The first-order valence-corrected chi connectivity index (χ1v) is 9.52. The first-order chi connectivity index (χ1) is 15.8. The predicted molar refractivity (Wildman–Crippen MR) is 103 cm³/mol. The van der Waals surface area contributed by atoms with E-state index in [1.54, 1.807) is 0 Å².